The molecular formula is C14H13ClN4O2. The van der Waals surface area contributed by atoms with Gasteiger partial charge in [-0.3, -0.25) is 13.9 Å². The highest BCUT2D eigenvalue weighted by molar-refractivity contribution is 6.33. The van der Waals surface area contributed by atoms with E-state index in [0.29, 0.717) is 22.0 Å². The summed E-state index contributed by atoms with van der Waals surface area (Å²) >= 11 is 6.05. The van der Waals surface area contributed by atoms with E-state index in [1.165, 1.54) is 17.7 Å². The average molecular weight is 305 g/mol. The second kappa shape index (κ2) is 5.85. The van der Waals surface area contributed by atoms with Crippen LogP contribution in [0.3, 0.4) is 0 Å². The van der Waals surface area contributed by atoms with Crippen LogP contribution < -0.4 is 16.6 Å². The lowest BCUT2D eigenvalue weighted by Gasteiger charge is -2.12. The summed E-state index contributed by atoms with van der Waals surface area (Å²) in [6.45, 7) is 0.271. The van der Waals surface area contributed by atoms with Crippen molar-refractivity contribution in [1.82, 2.24) is 9.13 Å². The first-order chi connectivity index (χ1) is 9.93. The monoisotopic (exact) mass is 304 g/mol. The van der Waals surface area contributed by atoms with E-state index in [2.05, 4.69) is 5.32 Å². The molecule has 1 aromatic carbocycles. The molecule has 0 saturated carbocycles. The van der Waals surface area contributed by atoms with Crippen LogP contribution in [0.15, 0.2) is 33.9 Å². The molecule has 1 aromatic heterocycles. The molecule has 7 heteroatoms. The van der Waals surface area contributed by atoms with E-state index in [9.17, 15) is 9.59 Å². The van der Waals surface area contributed by atoms with Gasteiger partial charge < -0.3 is 5.32 Å². The summed E-state index contributed by atoms with van der Waals surface area (Å²) < 4.78 is 2.43. The van der Waals surface area contributed by atoms with E-state index >= 15 is 0 Å². The number of aromatic nitrogens is 2. The van der Waals surface area contributed by atoms with Gasteiger partial charge in [0.2, 0.25) is 0 Å². The molecule has 0 radical (unpaired) electrons. The van der Waals surface area contributed by atoms with Gasteiger partial charge >= 0.3 is 5.69 Å². The number of hydrogen-bond acceptors (Lipinski definition) is 4. The minimum absolute atomic E-state index is 0.271. The lowest BCUT2D eigenvalue weighted by molar-refractivity contribution is 0.655. The van der Waals surface area contributed by atoms with Crippen LogP contribution >= 0.6 is 11.6 Å². The standard InChI is InChI=1S/C14H13ClN4O2/c1-18-10(6-13(20)19(2)14(18)21)8-17-12-4-3-9(7-16)5-11(12)15/h3-6,17H,8H2,1-2H3. The Kier molecular flexibility index (Phi) is 4.15. The molecule has 0 saturated heterocycles. The van der Waals surface area contributed by atoms with Crippen LogP contribution in [0.25, 0.3) is 0 Å². The molecule has 21 heavy (non-hydrogen) atoms. The number of nitriles is 1. The van der Waals surface area contributed by atoms with E-state index in [1.54, 1.807) is 25.2 Å². The van der Waals surface area contributed by atoms with Crippen molar-refractivity contribution in [3.05, 3.63) is 61.4 Å². The minimum Gasteiger partial charge on any atom is -0.378 e. The van der Waals surface area contributed by atoms with Gasteiger partial charge in [0.05, 0.1) is 28.9 Å². The highest BCUT2D eigenvalue weighted by Gasteiger charge is 2.07. The first kappa shape index (κ1) is 14.9. The topological polar surface area (TPSA) is 79.8 Å². The molecule has 0 bridgehead atoms. The van der Waals surface area contributed by atoms with Gasteiger partial charge in [-0.2, -0.15) is 5.26 Å². The normalized spacial score (nSPS) is 10.2. The predicted molar refractivity (Wildman–Crippen MR) is 80.4 cm³/mol. The molecule has 0 aliphatic heterocycles. The molecule has 2 aromatic rings. The molecule has 6 nitrogen and oxygen atoms in total. The van der Waals surface area contributed by atoms with Gasteiger partial charge in [-0.15, -0.1) is 0 Å². The summed E-state index contributed by atoms with van der Waals surface area (Å²) in [7, 11) is 3.03. The van der Waals surface area contributed by atoms with Crippen molar-refractivity contribution in [2.24, 2.45) is 14.1 Å². The van der Waals surface area contributed by atoms with E-state index < -0.39 is 0 Å². The number of benzene rings is 1. The van der Waals surface area contributed by atoms with Crippen molar-refractivity contribution < 1.29 is 0 Å². The average Bonchev–Trinajstić information content (AvgIpc) is 2.48. The maximum Gasteiger partial charge on any atom is 0.330 e. The van der Waals surface area contributed by atoms with Crippen LogP contribution in [-0.2, 0) is 20.6 Å². The number of rotatable bonds is 3. The van der Waals surface area contributed by atoms with E-state index in [1.807, 2.05) is 6.07 Å². The van der Waals surface area contributed by atoms with Crippen LogP contribution in [-0.4, -0.2) is 9.13 Å². The van der Waals surface area contributed by atoms with E-state index in [-0.39, 0.29) is 17.8 Å². The molecule has 0 amide bonds. The third-order valence-electron chi connectivity index (χ3n) is 3.18. The largest absolute Gasteiger partial charge is 0.378 e. The van der Waals surface area contributed by atoms with Gasteiger partial charge in [-0.1, -0.05) is 11.6 Å². The summed E-state index contributed by atoms with van der Waals surface area (Å²) in [6, 6.07) is 8.26. The smallest absolute Gasteiger partial charge is 0.330 e. The van der Waals surface area contributed by atoms with Crippen molar-refractivity contribution in [3.8, 4) is 6.07 Å². The number of halogens is 1. The first-order valence-corrected chi connectivity index (χ1v) is 6.51. The first-order valence-electron chi connectivity index (χ1n) is 6.13. The molecule has 108 valence electrons. The fourth-order valence-electron chi connectivity index (χ4n) is 1.86. The summed E-state index contributed by atoms with van der Waals surface area (Å²) in [6.07, 6.45) is 0. The Hall–Kier alpha value is -2.52. The van der Waals surface area contributed by atoms with Gasteiger partial charge in [-0.05, 0) is 18.2 Å². The summed E-state index contributed by atoms with van der Waals surface area (Å²) in [4.78, 5) is 23.4. The van der Waals surface area contributed by atoms with Crippen molar-refractivity contribution in [1.29, 1.82) is 5.26 Å². The van der Waals surface area contributed by atoms with Crippen LogP contribution in [0.4, 0.5) is 5.69 Å². The maximum absolute atomic E-state index is 11.8. The zero-order valence-electron chi connectivity index (χ0n) is 11.6. The maximum atomic E-state index is 11.8. The van der Waals surface area contributed by atoms with Gasteiger partial charge in [0.1, 0.15) is 0 Å². The van der Waals surface area contributed by atoms with Crippen LogP contribution in [0.1, 0.15) is 11.3 Å². The fourth-order valence-corrected chi connectivity index (χ4v) is 2.11. The van der Waals surface area contributed by atoms with Gasteiger partial charge in [0, 0.05) is 25.9 Å². The van der Waals surface area contributed by atoms with Gasteiger partial charge in [0.25, 0.3) is 5.56 Å². The highest BCUT2D eigenvalue weighted by atomic mass is 35.5. The SMILES string of the molecule is Cn1c(CNc2ccc(C#N)cc2Cl)cc(=O)n(C)c1=O. The van der Waals surface area contributed by atoms with Crippen LogP contribution in [0.2, 0.25) is 5.02 Å². The van der Waals surface area contributed by atoms with E-state index in [0.717, 1.165) is 4.57 Å². The summed E-state index contributed by atoms with van der Waals surface area (Å²) in [5.74, 6) is 0. The van der Waals surface area contributed by atoms with Crippen molar-refractivity contribution in [2.75, 3.05) is 5.32 Å². The number of anilines is 1. The Labute approximate surface area is 125 Å². The molecule has 2 rings (SSSR count). The zero-order chi connectivity index (χ0) is 15.6. The quantitative estimate of drug-likeness (QED) is 0.924. The number of nitrogens with zero attached hydrogens (tertiary/aromatic N) is 3. The second-order valence-electron chi connectivity index (χ2n) is 4.53. The Balaban J connectivity index is 2.27. The van der Waals surface area contributed by atoms with Crippen LogP contribution in [0, 0.1) is 11.3 Å². The van der Waals surface area contributed by atoms with E-state index in [4.69, 9.17) is 16.9 Å². The Morgan fingerprint density at radius 3 is 2.57 bits per heavy atom. The molecule has 0 fully saturated rings. The second-order valence-corrected chi connectivity index (χ2v) is 4.94. The Morgan fingerprint density at radius 2 is 1.95 bits per heavy atom. The Bertz CT molecular complexity index is 846. The number of nitrogens with one attached hydrogen (secondary N) is 1. The molecule has 0 unspecified atom stereocenters. The molecule has 0 spiro atoms. The van der Waals surface area contributed by atoms with Crippen molar-refractivity contribution in [2.45, 2.75) is 6.54 Å². The lowest BCUT2D eigenvalue weighted by atomic mass is 10.2. The molecule has 0 aliphatic rings. The summed E-state index contributed by atoms with van der Waals surface area (Å²) in [5.41, 5.74) is 0.893. The van der Waals surface area contributed by atoms with Gasteiger partial charge in [0.15, 0.2) is 0 Å². The molecule has 1 N–H and O–H groups in total. The molecule has 0 aliphatic carbocycles. The van der Waals surface area contributed by atoms with Gasteiger partial charge in [-0.25, -0.2) is 4.79 Å². The molecular weight excluding hydrogens is 292 g/mol. The molecule has 1 heterocycles. The summed E-state index contributed by atoms with van der Waals surface area (Å²) in [5, 5.41) is 12.2. The van der Waals surface area contributed by atoms with Crippen molar-refractivity contribution in [3.63, 3.8) is 0 Å². The van der Waals surface area contributed by atoms with Crippen LogP contribution in [0.5, 0.6) is 0 Å². The third kappa shape index (κ3) is 2.98. The van der Waals surface area contributed by atoms with Crippen molar-refractivity contribution >= 4 is 17.3 Å². The molecule has 0 atom stereocenters. The minimum atomic E-state index is -0.384. The third-order valence-corrected chi connectivity index (χ3v) is 3.50. The number of hydrogen-bond donors (Lipinski definition) is 1. The Morgan fingerprint density at radius 1 is 1.24 bits per heavy atom. The fraction of sp³-hybridized carbons (Fsp3) is 0.214. The zero-order valence-corrected chi connectivity index (χ0v) is 12.3. The lowest BCUT2D eigenvalue weighted by Crippen LogP contribution is -2.38. The highest BCUT2D eigenvalue weighted by Crippen LogP contribution is 2.23. The predicted octanol–water partition coefficient (Wildman–Crippen LogP) is 1.22.